The Labute approximate surface area is 132 Å². The molecule has 0 spiro atoms. The van der Waals surface area contributed by atoms with Gasteiger partial charge in [-0.25, -0.2) is 0 Å². The first-order chi connectivity index (χ1) is 10.8. The van der Waals surface area contributed by atoms with Crippen molar-refractivity contribution in [2.24, 2.45) is 5.41 Å². The van der Waals surface area contributed by atoms with Gasteiger partial charge in [0.25, 0.3) is 0 Å². The average molecular weight is 330 g/mol. The molecule has 1 saturated carbocycles. The minimum atomic E-state index is -4.30. The SMILES string of the molecule is CCC1(C(=O)N(C)Cc2nnc3n2CCCC3C(F)(F)F)CC1. The van der Waals surface area contributed by atoms with Crippen LogP contribution in [0.15, 0.2) is 0 Å². The molecular weight excluding hydrogens is 309 g/mol. The second kappa shape index (κ2) is 5.49. The zero-order valence-electron chi connectivity index (χ0n) is 13.4. The number of hydrogen-bond acceptors (Lipinski definition) is 3. The lowest BCUT2D eigenvalue weighted by Crippen LogP contribution is -2.35. The van der Waals surface area contributed by atoms with Crippen LogP contribution in [-0.4, -0.2) is 38.8 Å². The Morgan fingerprint density at radius 3 is 2.65 bits per heavy atom. The molecule has 0 aromatic carbocycles. The first-order valence-electron chi connectivity index (χ1n) is 8.03. The molecule has 5 nitrogen and oxygen atoms in total. The molecule has 1 aliphatic heterocycles. The summed E-state index contributed by atoms with van der Waals surface area (Å²) in [6.45, 7) is 2.68. The molecule has 2 heterocycles. The summed E-state index contributed by atoms with van der Waals surface area (Å²) < 4.78 is 40.8. The number of aromatic nitrogens is 3. The normalized spacial score (nSPS) is 22.6. The maximum absolute atomic E-state index is 13.1. The average Bonchev–Trinajstić information content (AvgIpc) is 3.21. The molecule has 1 atom stereocenters. The zero-order valence-corrected chi connectivity index (χ0v) is 13.4. The van der Waals surface area contributed by atoms with E-state index in [0.717, 1.165) is 19.3 Å². The van der Waals surface area contributed by atoms with Gasteiger partial charge in [-0.15, -0.1) is 10.2 Å². The Bertz CT molecular complexity index is 606. The minimum Gasteiger partial charge on any atom is -0.338 e. The van der Waals surface area contributed by atoms with Crippen LogP contribution in [0.25, 0.3) is 0 Å². The van der Waals surface area contributed by atoms with Crippen LogP contribution in [0.5, 0.6) is 0 Å². The van der Waals surface area contributed by atoms with Gasteiger partial charge in [0.05, 0.1) is 6.54 Å². The lowest BCUT2D eigenvalue weighted by atomic mass is 9.98. The summed E-state index contributed by atoms with van der Waals surface area (Å²) in [4.78, 5) is 14.0. The Hall–Kier alpha value is -1.60. The van der Waals surface area contributed by atoms with Crippen LogP contribution in [0.2, 0.25) is 0 Å². The minimum absolute atomic E-state index is 0.0174. The number of carbonyl (C=O) groups is 1. The van der Waals surface area contributed by atoms with Gasteiger partial charge in [-0.1, -0.05) is 6.92 Å². The van der Waals surface area contributed by atoms with Crippen LogP contribution in [0.3, 0.4) is 0 Å². The first kappa shape index (κ1) is 16.3. The van der Waals surface area contributed by atoms with E-state index in [9.17, 15) is 18.0 Å². The van der Waals surface area contributed by atoms with E-state index in [0.29, 0.717) is 18.8 Å². The fourth-order valence-corrected chi connectivity index (χ4v) is 3.42. The fraction of sp³-hybridized carbons (Fsp3) is 0.800. The summed E-state index contributed by atoms with van der Waals surface area (Å²) in [5.74, 6) is -1.07. The van der Waals surface area contributed by atoms with Gasteiger partial charge >= 0.3 is 6.18 Å². The summed E-state index contributed by atoms with van der Waals surface area (Å²) in [7, 11) is 1.68. The molecule has 8 heteroatoms. The standard InChI is InChI=1S/C15H21F3N4O/c1-3-14(6-7-14)13(23)21(2)9-11-19-20-12-10(15(16,17)18)5-4-8-22(11)12/h10H,3-9H2,1-2H3. The van der Waals surface area contributed by atoms with Gasteiger partial charge in [-0.05, 0) is 32.1 Å². The molecule has 1 aromatic heterocycles. The highest BCUT2D eigenvalue weighted by Gasteiger charge is 2.49. The molecule has 0 N–H and O–H groups in total. The van der Waals surface area contributed by atoms with Crippen LogP contribution in [0, 0.1) is 5.41 Å². The monoisotopic (exact) mass is 330 g/mol. The number of fused-ring (bicyclic) bond motifs is 1. The van der Waals surface area contributed by atoms with Crippen LogP contribution in [0.4, 0.5) is 13.2 Å². The third-order valence-corrected chi connectivity index (χ3v) is 5.15. The van der Waals surface area contributed by atoms with Crippen molar-refractivity contribution in [1.82, 2.24) is 19.7 Å². The Balaban J connectivity index is 1.78. The number of hydrogen-bond donors (Lipinski definition) is 0. The second-order valence-electron chi connectivity index (χ2n) is 6.66. The molecule has 0 bridgehead atoms. The molecule has 2 aliphatic rings. The van der Waals surface area contributed by atoms with Crippen LogP contribution in [0.1, 0.15) is 56.6 Å². The number of amides is 1. The van der Waals surface area contributed by atoms with Crippen molar-refractivity contribution in [2.45, 2.75) is 64.2 Å². The van der Waals surface area contributed by atoms with Crippen molar-refractivity contribution in [3.63, 3.8) is 0 Å². The van der Waals surface area contributed by atoms with Crippen molar-refractivity contribution in [3.8, 4) is 0 Å². The van der Waals surface area contributed by atoms with E-state index < -0.39 is 12.1 Å². The predicted molar refractivity (Wildman–Crippen MR) is 76.5 cm³/mol. The van der Waals surface area contributed by atoms with E-state index in [-0.39, 0.29) is 30.1 Å². The first-order valence-corrected chi connectivity index (χ1v) is 8.03. The van der Waals surface area contributed by atoms with E-state index >= 15 is 0 Å². The van der Waals surface area contributed by atoms with E-state index in [1.807, 2.05) is 6.92 Å². The van der Waals surface area contributed by atoms with Crippen molar-refractivity contribution in [2.75, 3.05) is 7.05 Å². The van der Waals surface area contributed by atoms with E-state index in [4.69, 9.17) is 0 Å². The summed E-state index contributed by atoms with van der Waals surface area (Å²) in [6, 6.07) is 0. The largest absolute Gasteiger partial charge is 0.398 e. The maximum atomic E-state index is 13.1. The number of alkyl halides is 3. The maximum Gasteiger partial charge on any atom is 0.398 e. The molecule has 1 aliphatic carbocycles. The molecule has 0 saturated heterocycles. The van der Waals surface area contributed by atoms with E-state index in [2.05, 4.69) is 10.2 Å². The molecule has 128 valence electrons. The second-order valence-corrected chi connectivity index (χ2v) is 6.66. The van der Waals surface area contributed by atoms with Gasteiger partial charge in [-0.3, -0.25) is 4.79 Å². The molecule has 1 aromatic rings. The number of rotatable bonds is 4. The van der Waals surface area contributed by atoms with Crippen molar-refractivity contribution in [3.05, 3.63) is 11.6 Å². The smallest absolute Gasteiger partial charge is 0.338 e. The highest BCUT2D eigenvalue weighted by Crippen LogP contribution is 2.50. The quantitative estimate of drug-likeness (QED) is 0.853. The highest BCUT2D eigenvalue weighted by atomic mass is 19.4. The fourth-order valence-electron chi connectivity index (χ4n) is 3.42. The van der Waals surface area contributed by atoms with Gasteiger partial charge in [-0.2, -0.15) is 13.2 Å². The topological polar surface area (TPSA) is 51.0 Å². The Morgan fingerprint density at radius 2 is 2.09 bits per heavy atom. The third kappa shape index (κ3) is 2.83. The van der Waals surface area contributed by atoms with Gasteiger partial charge in [0.1, 0.15) is 11.7 Å². The lowest BCUT2D eigenvalue weighted by molar-refractivity contribution is -0.156. The highest BCUT2D eigenvalue weighted by molar-refractivity contribution is 5.85. The van der Waals surface area contributed by atoms with Gasteiger partial charge < -0.3 is 9.47 Å². The van der Waals surface area contributed by atoms with Crippen LogP contribution >= 0.6 is 0 Å². The summed E-state index contributed by atoms with van der Waals surface area (Å²) in [5.41, 5.74) is -0.256. The van der Waals surface area contributed by atoms with Gasteiger partial charge in [0.15, 0.2) is 5.82 Å². The number of halogens is 3. The summed E-state index contributed by atoms with van der Waals surface area (Å²) in [5, 5.41) is 7.70. The number of carbonyl (C=O) groups excluding carboxylic acids is 1. The van der Waals surface area contributed by atoms with Gasteiger partial charge in [0, 0.05) is 19.0 Å². The molecule has 23 heavy (non-hydrogen) atoms. The van der Waals surface area contributed by atoms with Crippen LogP contribution < -0.4 is 0 Å². The lowest BCUT2D eigenvalue weighted by Gasteiger charge is -2.27. The molecule has 3 rings (SSSR count). The Kier molecular flexibility index (Phi) is 3.88. The summed E-state index contributed by atoms with van der Waals surface area (Å²) >= 11 is 0. The molecule has 1 amide bonds. The molecule has 1 unspecified atom stereocenters. The molecule has 0 radical (unpaired) electrons. The van der Waals surface area contributed by atoms with Gasteiger partial charge in [0.2, 0.25) is 5.91 Å². The third-order valence-electron chi connectivity index (χ3n) is 5.15. The van der Waals surface area contributed by atoms with Crippen molar-refractivity contribution in [1.29, 1.82) is 0 Å². The van der Waals surface area contributed by atoms with E-state index in [1.165, 1.54) is 4.57 Å². The molecule has 1 fully saturated rings. The summed E-state index contributed by atoms with van der Waals surface area (Å²) in [6.07, 6.45) is -1.23. The van der Waals surface area contributed by atoms with E-state index in [1.54, 1.807) is 11.9 Å². The van der Waals surface area contributed by atoms with Crippen molar-refractivity contribution >= 4 is 5.91 Å². The molecular formula is C15H21F3N4O. The van der Waals surface area contributed by atoms with Crippen LogP contribution in [-0.2, 0) is 17.9 Å². The van der Waals surface area contributed by atoms with Crippen molar-refractivity contribution < 1.29 is 18.0 Å². The number of nitrogens with zero attached hydrogens (tertiary/aromatic N) is 4. The zero-order chi connectivity index (χ0) is 16.8. The predicted octanol–water partition coefficient (Wildman–Crippen LogP) is 2.87. The Morgan fingerprint density at radius 1 is 1.39 bits per heavy atom.